The molecule has 12 heteroatoms. The van der Waals surface area contributed by atoms with Crippen molar-refractivity contribution in [2.45, 2.75) is 115 Å². The third kappa shape index (κ3) is 16.4. The molecule has 0 atom stereocenters. The van der Waals surface area contributed by atoms with Crippen LogP contribution in [0.2, 0.25) is 0 Å². The van der Waals surface area contributed by atoms with Crippen molar-refractivity contribution in [3.05, 3.63) is 0 Å². The monoisotopic (exact) mass is 656 g/mol. The van der Waals surface area contributed by atoms with Gasteiger partial charge in [-0.2, -0.15) is 0 Å². The number of piperidine rings is 2. The van der Waals surface area contributed by atoms with E-state index >= 15 is 0 Å². The highest BCUT2D eigenvalue weighted by Crippen LogP contribution is 2.36. The van der Waals surface area contributed by atoms with Gasteiger partial charge in [0.2, 0.25) is 0 Å². The van der Waals surface area contributed by atoms with Crippen molar-refractivity contribution in [2.75, 3.05) is 78.8 Å². The van der Waals surface area contributed by atoms with E-state index in [1.54, 1.807) is 0 Å². The maximum Gasteiger partial charge on any atom is 0.407 e. The molecule has 0 bridgehead atoms. The molecular weight excluding hydrogens is 592 g/mol. The SMILES string of the molecule is C1CC2(CCO1)CO2.CC(C)(C)OC(=O)NCC1CCN(CC2(O)CCOCC2)CC1.CC(C)(C)OC(=O)NCC1CCNCC1. The Labute approximate surface area is 277 Å². The first-order valence-electron chi connectivity index (χ1n) is 17.5. The predicted molar refractivity (Wildman–Crippen MR) is 177 cm³/mol. The van der Waals surface area contributed by atoms with E-state index in [-0.39, 0.29) is 12.2 Å². The summed E-state index contributed by atoms with van der Waals surface area (Å²) in [5.41, 5.74) is -1.14. The maximum atomic E-state index is 11.7. The van der Waals surface area contributed by atoms with E-state index in [2.05, 4.69) is 20.9 Å². The van der Waals surface area contributed by atoms with Gasteiger partial charge in [0.15, 0.2) is 0 Å². The van der Waals surface area contributed by atoms with Crippen LogP contribution in [0.25, 0.3) is 0 Å². The number of aliphatic hydroxyl groups is 1. The second-order valence-corrected chi connectivity index (χ2v) is 15.6. The summed E-state index contributed by atoms with van der Waals surface area (Å²) in [6.45, 7) is 21.5. The maximum absolute atomic E-state index is 11.7. The van der Waals surface area contributed by atoms with Gasteiger partial charge in [0.25, 0.3) is 0 Å². The minimum absolute atomic E-state index is 0.304. The summed E-state index contributed by atoms with van der Waals surface area (Å²) in [6.07, 6.45) is 7.41. The Morgan fingerprint density at radius 3 is 1.63 bits per heavy atom. The van der Waals surface area contributed by atoms with Gasteiger partial charge in [-0.15, -0.1) is 0 Å². The van der Waals surface area contributed by atoms with Crippen LogP contribution >= 0.6 is 0 Å². The predicted octanol–water partition coefficient (Wildman–Crippen LogP) is 3.84. The van der Waals surface area contributed by atoms with Crippen molar-refractivity contribution in [1.29, 1.82) is 0 Å². The molecule has 4 N–H and O–H groups in total. The Bertz CT molecular complexity index is 890. The second kappa shape index (κ2) is 18.2. The molecule has 268 valence electrons. The molecule has 5 fully saturated rings. The number of amides is 2. The largest absolute Gasteiger partial charge is 0.444 e. The molecule has 0 saturated carbocycles. The smallest absolute Gasteiger partial charge is 0.407 e. The van der Waals surface area contributed by atoms with Gasteiger partial charge in [-0.05, 0) is 105 Å². The molecule has 0 unspecified atom stereocenters. The van der Waals surface area contributed by atoms with Crippen LogP contribution in [0, 0.1) is 11.8 Å². The van der Waals surface area contributed by atoms with E-state index in [0.29, 0.717) is 37.2 Å². The summed E-state index contributed by atoms with van der Waals surface area (Å²) in [6, 6.07) is 0. The lowest BCUT2D eigenvalue weighted by molar-refractivity contribution is -0.0829. The first-order valence-corrected chi connectivity index (χ1v) is 17.5. The van der Waals surface area contributed by atoms with Crippen molar-refractivity contribution in [2.24, 2.45) is 11.8 Å². The Morgan fingerprint density at radius 1 is 0.783 bits per heavy atom. The van der Waals surface area contributed by atoms with Gasteiger partial charge >= 0.3 is 12.2 Å². The zero-order valence-electron chi connectivity index (χ0n) is 29.5. The quantitative estimate of drug-likeness (QED) is 0.312. The van der Waals surface area contributed by atoms with Gasteiger partial charge in [0, 0.05) is 71.7 Å². The van der Waals surface area contributed by atoms with Gasteiger partial charge < -0.3 is 49.6 Å². The first kappa shape index (κ1) is 38.7. The number of nitrogens with zero attached hydrogens (tertiary/aromatic N) is 1. The van der Waals surface area contributed by atoms with Crippen LogP contribution in [0.3, 0.4) is 0 Å². The average Bonchev–Trinajstić information content (AvgIpc) is 3.74. The van der Waals surface area contributed by atoms with E-state index in [0.717, 1.165) is 110 Å². The number of alkyl carbamates (subject to hydrolysis) is 2. The molecule has 5 aliphatic rings. The molecular formula is C34H64N4O8. The van der Waals surface area contributed by atoms with Crippen LogP contribution in [0.4, 0.5) is 9.59 Å². The standard InChI is InChI=1S/C17H32N2O4.C11H22N2O2.C6H10O2/c1-16(2,3)23-15(20)18-12-14-4-8-19(9-5-14)13-17(21)6-10-22-11-7-17;1-11(2,3)15-10(14)13-8-9-4-6-12-7-5-9;1-3-7-4-2-6(1)5-8-6/h14,21H,4-13H2,1-3H3,(H,18,20);9,12H,4-8H2,1-3H3,(H,13,14);1-5H2. The molecule has 0 aliphatic carbocycles. The van der Waals surface area contributed by atoms with Gasteiger partial charge in [-0.3, -0.25) is 0 Å². The fraction of sp³-hybridized carbons (Fsp3) is 0.941. The highest BCUT2D eigenvalue weighted by molar-refractivity contribution is 5.68. The Kier molecular flexibility index (Phi) is 15.3. The molecule has 5 saturated heterocycles. The van der Waals surface area contributed by atoms with Gasteiger partial charge in [0.05, 0.1) is 17.8 Å². The van der Waals surface area contributed by atoms with Crippen LogP contribution in [0.5, 0.6) is 0 Å². The zero-order chi connectivity index (χ0) is 33.7. The molecule has 0 radical (unpaired) electrons. The lowest BCUT2D eigenvalue weighted by Gasteiger charge is -2.39. The second-order valence-electron chi connectivity index (χ2n) is 15.6. The fourth-order valence-corrected chi connectivity index (χ4v) is 5.98. The number of rotatable bonds is 6. The molecule has 5 heterocycles. The Hall–Kier alpha value is -1.70. The highest BCUT2D eigenvalue weighted by atomic mass is 16.6. The highest BCUT2D eigenvalue weighted by Gasteiger charge is 2.45. The number of epoxide rings is 1. The van der Waals surface area contributed by atoms with Crippen LogP contribution < -0.4 is 16.0 Å². The summed E-state index contributed by atoms with van der Waals surface area (Å²) in [4.78, 5) is 25.4. The number of hydrogen-bond donors (Lipinski definition) is 4. The van der Waals surface area contributed by atoms with Crippen molar-refractivity contribution in [1.82, 2.24) is 20.9 Å². The minimum Gasteiger partial charge on any atom is -0.444 e. The van der Waals surface area contributed by atoms with Crippen molar-refractivity contribution < 1.29 is 38.4 Å². The fourth-order valence-electron chi connectivity index (χ4n) is 5.98. The third-order valence-electron chi connectivity index (χ3n) is 8.93. The molecule has 46 heavy (non-hydrogen) atoms. The summed E-state index contributed by atoms with van der Waals surface area (Å²) >= 11 is 0. The number of nitrogens with one attached hydrogen (secondary N) is 3. The van der Waals surface area contributed by atoms with Crippen LogP contribution in [-0.2, 0) is 23.7 Å². The average molecular weight is 657 g/mol. The molecule has 2 amide bonds. The lowest BCUT2D eigenvalue weighted by Crippen LogP contribution is -2.49. The topological polar surface area (TPSA) is 143 Å². The van der Waals surface area contributed by atoms with Crippen molar-refractivity contribution >= 4 is 12.2 Å². The Morgan fingerprint density at radius 2 is 1.22 bits per heavy atom. The van der Waals surface area contributed by atoms with Crippen LogP contribution in [0.1, 0.15) is 92.9 Å². The molecule has 0 aromatic heterocycles. The normalized spacial score (nSPS) is 23.5. The zero-order valence-corrected chi connectivity index (χ0v) is 29.5. The molecule has 0 aromatic carbocycles. The minimum atomic E-state index is -0.583. The number of β-amino-alcohol motifs (C(OH)–C–C–N with tert-alkyl or cyclic N) is 1. The molecule has 5 rings (SSSR count). The molecule has 12 nitrogen and oxygen atoms in total. The molecule has 5 aliphatic heterocycles. The molecule has 1 spiro atoms. The van der Waals surface area contributed by atoms with E-state index in [9.17, 15) is 14.7 Å². The van der Waals surface area contributed by atoms with Gasteiger partial charge in [-0.25, -0.2) is 9.59 Å². The van der Waals surface area contributed by atoms with E-state index in [1.807, 2.05) is 41.5 Å². The van der Waals surface area contributed by atoms with Gasteiger partial charge in [0.1, 0.15) is 11.2 Å². The number of carbonyl (C=O) groups is 2. The van der Waals surface area contributed by atoms with Crippen molar-refractivity contribution in [3.8, 4) is 0 Å². The van der Waals surface area contributed by atoms with Crippen LogP contribution in [-0.4, -0.2) is 123 Å². The summed E-state index contributed by atoms with van der Waals surface area (Å²) in [5.74, 6) is 1.09. The van der Waals surface area contributed by atoms with E-state index < -0.39 is 16.8 Å². The summed E-state index contributed by atoms with van der Waals surface area (Å²) in [5, 5.41) is 19.6. The summed E-state index contributed by atoms with van der Waals surface area (Å²) in [7, 11) is 0. The first-order chi connectivity index (χ1) is 21.6. The van der Waals surface area contributed by atoms with Crippen LogP contribution in [0.15, 0.2) is 0 Å². The number of carbonyl (C=O) groups excluding carboxylic acids is 2. The third-order valence-corrected chi connectivity index (χ3v) is 8.93. The molecule has 0 aromatic rings. The lowest BCUT2D eigenvalue weighted by atomic mass is 9.91. The van der Waals surface area contributed by atoms with E-state index in [1.165, 1.54) is 0 Å². The number of likely N-dealkylation sites (tertiary alicyclic amines) is 1. The summed E-state index contributed by atoms with van der Waals surface area (Å²) < 4.78 is 26.2. The number of hydrogen-bond acceptors (Lipinski definition) is 10. The Balaban J connectivity index is 0.000000212. The van der Waals surface area contributed by atoms with Crippen molar-refractivity contribution in [3.63, 3.8) is 0 Å². The van der Waals surface area contributed by atoms with Gasteiger partial charge in [-0.1, -0.05) is 0 Å². The number of ether oxygens (including phenoxy) is 5. The van der Waals surface area contributed by atoms with E-state index in [4.69, 9.17) is 23.7 Å².